The molecule has 6 N–H and O–H groups in total. The molecule has 1 aromatic carbocycles. The minimum atomic E-state index is -2.74. The molecule has 0 spiro atoms. The van der Waals surface area contributed by atoms with Gasteiger partial charge in [0, 0.05) is 18.7 Å². The van der Waals surface area contributed by atoms with Gasteiger partial charge in [-0.3, -0.25) is 25.1 Å². The zero-order valence-corrected chi connectivity index (χ0v) is 17.4. The fraction of sp³-hybridized carbons (Fsp3) is 0.545. The Morgan fingerprint density at radius 3 is 2.42 bits per heavy atom. The van der Waals surface area contributed by atoms with Crippen LogP contribution in [0.25, 0.3) is 0 Å². The van der Waals surface area contributed by atoms with Crippen molar-refractivity contribution in [3.63, 3.8) is 0 Å². The molecule has 9 heteroatoms. The molecule has 2 amide bonds. The van der Waals surface area contributed by atoms with Crippen molar-refractivity contribution in [2.45, 2.75) is 57.2 Å². The lowest BCUT2D eigenvalue weighted by molar-refractivity contribution is -0.150. The Bertz CT molecular complexity index is 903. The van der Waals surface area contributed by atoms with Gasteiger partial charge in [0.1, 0.15) is 11.9 Å². The average Bonchev–Trinajstić information content (AvgIpc) is 2.76. The van der Waals surface area contributed by atoms with Crippen molar-refractivity contribution in [2.75, 3.05) is 13.0 Å². The van der Waals surface area contributed by atoms with Crippen LogP contribution in [0.15, 0.2) is 24.3 Å². The molecule has 3 rings (SSSR count). The van der Waals surface area contributed by atoms with Crippen LogP contribution in [0.4, 0.5) is 0 Å². The van der Waals surface area contributed by atoms with E-state index in [1.165, 1.54) is 4.90 Å². The summed E-state index contributed by atoms with van der Waals surface area (Å²) in [7, 11) is 0. The van der Waals surface area contributed by atoms with Crippen molar-refractivity contribution in [2.24, 2.45) is 11.7 Å². The maximum absolute atomic E-state index is 13.3. The fourth-order valence-electron chi connectivity index (χ4n) is 4.20. The highest BCUT2D eigenvalue weighted by atomic mass is 16.5. The number of amidine groups is 1. The fourth-order valence-corrected chi connectivity index (χ4v) is 4.20. The minimum Gasteiger partial charge on any atom is -0.480 e. The second-order valence-corrected chi connectivity index (χ2v) is 8.11. The van der Waals surface area contributed by atoms with Crippen LogP contribution in [0.2, 0.25) is 0 Å². The molecule has 1 saturated heterocycles. The van der Waals surface area contributed by atoms with Gasteiger partial charge in [0.25, 0.3) is 0 Å². The number of amides is 2. The van der Waals surface area contributed by atoms with E-state index in [2.05, 4.69) is 10.6 Å². The highest BCUT2D eigenvalue weighted by Crippen LogP contribution is 2.29. The number of nitrogens with one attached hydrogen (secondary N) is 3. The molecule has 1 saturated carbocycles. The predicted octanol–water partition coefficient (Wildman–Crippen LogP) is 0.811. The normalized spacial score (nSPS) is 21.3. The topological polar surface area (TPSA) is 149 Å². The summed E-state index contributed by atoms with van der Waals surface area (Å²) in [5.74, 6) is -2.63. The second-order valence-electron chi connectivity index (χ2n) is 8.11. The number of nitrogens with zero attached hydrogens (tertiary/aromatic N) is 1. The smallest absolute Gasteiger partial charge is 0.317 e. The molecule has 1 aliphatic heterocycles. The van der Waals surface area contributed by atoms with Crippen molar-refractivity contribution in [3.05, 3.63) is 35.4 Å². The number of carbonyl (C=O) groups is 3. The van der Waals surface area contributed by atoms with Gasteiger partial charge in [0.15, 0.2) is 0 Å². The Balaban J connectivity index is 1.64. The summed E-state index contributed by atoms with van der Waals surface area (Å²) in [6.07, 6.45) is 4.74. The standard InChI is InChI=1S/C22H31N5O4/c23-20(24)16-8-6-14(7-9-16)12-26-21(30)17-10-11-27(17)22(31)19(25-13-18(28)29)15-4-2-1-3-5-15/h6-9,15,17,19,25H,1-5,10-13H2,(H3,23,24)(H,26,30)(H,28,29)/t17-,19+/m0/s1/i13+1D2,18+1. The van der Waals surface area contributed by atoms with E-state index in [-0.39, 0.29) is 24.2 Å². The monoisotopic (exact) mass is 433 g/mol. The van der Waals surface area contributed by atoms with Gasteiger partial charge in [-0.05, 0) is 30.7 Å². The molecular weight excluding hydrogens is 400 g/mol. The Morgan fingerprint density at radius 1 is 1.19 bits per heavy atom. The van der Waals surface area contributed by atoms with Crippen molar-refractivity contribution in [1.82, 2.24) is 15.5 Å². The number of carboxylic acids is 1. The van der Waals surface area contributed by atoms with Crippen molar-refractivity contribution in [1.29, 1.82) is 5.41 Å². The van der Waals surface area contributed by atoms with Crippen LogP contribution in [0.3, 0.4) is 0 Å². The lowest BCUT2D eigenvalue weighted by atomic mass is 9.82. The van der Waals surface area contributed by atoms with Crippen LogP contribution < -0.4 is 16.4 Å². The van der Waals surface area contributed by atoms with Gasteiger partial charge < -0.3 is 21.1 Å². The Kier molecular flexibility index (Phi) is 6.70. The van der Waals surface area contributed by atoms with Crippen LogP contribution in [0.5, 0.6) is 0 Å². The van der Waals surface area contributed by atoms with E-state index >= 15 is 0 Å². The molecule has 2 fully saturated rings. The van der Waals surface area contributed by atoms with E-state index in [1.807, 2.05) is 0 Å². The van der Waals surface area contributed by atoms with Gasteiger partial charge in [-0.25, -0.2) is 0 Å². The lowest BCUT2D eigenvalue weighted by Crippen LogP contribution is -2.63. The van der Waals surface area contributed by atoms with Crippen LogP contribution >= 0.6 is 0 Å². The summed E-state index contributed by atoms with van der Waals surface area (Å²) in [6, 6.07) is 5.25. The third-order valence-electron chi connectivity index (χ3n) is 6.06. The van der Waals surface area contributed by atoms with Crippen molar-refractivity contribution >= 4 is 23.6 Å². The first-order valence-electron chi connectivity index (χ1n) is 11.6. The number of likely N-dealkylation sites (tertiary alicyclic amines) is 1. The summed E-state index contributed by atoms with van der Waals surface area (Å²) in [6.45, 7) is -2.13. The van der Waals surface area contributed by atoms with Crippen molar-refractivity contribution in [3.8, 4) is 0 Å². The number of aliphatic carboxylic acids is 1. The number of rotatable bonds is 9. The molecule has 0 unspecified atom stereocenters. The summed E-state index contributed by atoms with van der Waals surface area (Å²) in [5.41, 5.74) is 6.85. The first-order chi connectivity index (χ1) is 15.6. The summed E-state index contributed by atoms with van der Waals surface area (Å²) in [4.78, 5) is 38.8. The Labute approximate surface area is 184 Å². The van der Waals surface area contributed by atoms with Gasteiger partial charge in [-0.2, -0.15) is 0 Å². The summed E-state index contributed by atoms with van der Waals surface area (Å²) < 4.78 is 15.5. The Hall–Kier alpha value is -2.94. The second kappa shape index (κ2) is 10.4. The SMILES string of the molecule is [2H][13C]([2H])(N[C@@H](C(=O)N1CC[C@H]1C(=O)NCc1ccc(C(=N)N)cc1)C1CCCCC1)[13C](=O)O. The van der Waals surface area contributed by atoms with Crippen LogP contribution in [0, 0.1) is 11.3 Å². The number of nitrogens with two attached hydrogens (primary N) is 1. The summed E-state index contributed by atoms with van der Waals surface area (Å²) in [5, 5.41) is 21.9. The molecule has 0 radical (unpaired) electrons. The molecule has 9 nitrogen and oxygen atoms in total. The maximum Gasteiger partial charge on any atom is 0.317 e. The molecule has 0 bridgehead atoms. The molecular formula is C22H31N5O4. The zero-order valence-electron chi connectivity index (χ0n) is 19.4. The molecule has 168 valence electrons. The maximum atomic E-state index is 13.3. The highest BCUT2D eigenvalue weighted by molar-refractivity contribution is 5.95. The molecule has 1 heterocycles. The van der Waals surface area contributed by atoms with Gasteiger partial charge in [0.2, 0.25) is 11.8 Å². The molecule has 2 aliphatic rings. The highest BCUT2D eigenvalue weighted by Gasteiger charge is 2.42. The number of carbonyl (C=O) groups excluding carboxylic acids is 2. The number of benzene rings is 1. The van der Waals surface area contributed by atoms with Crippen molar-refractivity contribution < 1.29 is 22.2 Å². The molecule has 31 heavy (non-hydrogen) atoms. The predicted molar refractivity (Wildman–Crippen MR) is 115 cm³/mol. The van der Waals surface area contributed by atoms with E-state index in [1.54, 1.807) is 24.3 Å². The van der Waals surface area contributed by atoms with E-state index in [0.717, 1.165) is 24.8 Å². The van der Waals surface area contributed by atoms with Crippen LogP contribution in [0.1, 0.15) is 52.4 Å². The lowest BCUT2D eigenvalue weighted by Gasteiger charge is -2.43. The van der Waals surface area contributed by atoms with E-state index in [0.29, 0.717) is 31.4 Å². The zero-order chi connectivity index (χ0) is 24.2. The molecule has 2 atom stereocenters. The third-order valence-corrected chi connectivity index (χ3v) is 6.06. The van der Waals surface area contributed by atoms with Gasteiger partial charge in [-0.1, -0.05) is 43.5 Å². The number of carboxylic acid groups (broad SMARTS) is 1. The quantitative estimate of drug-likeness (QED) is 0.221. The number of hydrogen-bond acceptors (Lipinski definition) is 5. The van der Waals surface area contributed by atoms with E-state index < -0.39 is 30.5 Å². The first kappa shape index (κ1) is 20.0. The Morgan fingerprint density at radius 2 is 1.87 bits per heavy atom. The largest absolute Gasteiger partial charge is 0.480 e. The molecule has 1 aromatic rings. The third kappa shape index (κ3) is 5.81. The van der Waals surface area contributed by atoms with Crippen LogP contribution in [-0.2, 0) is 20.9 Å². The molecule has 1 aliphatic carbocycles. The van der Waals surface area contributed by atoms with Crippen LogP contribution in [-0.4, -0.2) is 58.8 Å². The van der Waals surface area contributed by atoms with E-state index in [4.69, 9.17) is 13.9 Å². The van der Waals surface area contributed by atoms with Gasteiger partial charge in [0.05, 0.1) is 15.3 Å². The average molecular weight is 434 g/mol. The molecule has 0 aromatic heterocycles. The minimum absolute atomic E-state index is 0.0392. The van der Waals surface area contributed by atoms with Gasteiger partial charge >= 0.3 is 5.97 Å². The van der Waals surface area contributed by atoms with E-state index in [9.17, 15) is 19.5 Å². The summed E-state index contributed by atoms with van der Waals surface area (Å²) >= 11 is 0. The number of hydrogen-bond donors (Lipinski definition) is 5. The van der Waals surface area contributed by atoms with Gasteiger partial charge in [-0.15, -0.1) is 0 Å². The first-order valence-corrected chi connectivity index (χ1v) is 10.6. The number of nitrogen functional groups attached to an aromatic ring is 1.